The maximum Gasteiger partial charge on any atom is 0.278 e. The lowest BCUT2D eigenvalue weighted by atomic mass is 9.89. The largest absolute Gasteiger partial charge is 0.365 e. The summed E-state index contributed by atoms with van der Waals surface area (Å²) in [6, 6.07) is 8.00. The first-order valence-electron chi connectivity index (χ1n) is 9.46. The Morgan fingerprint density at radius 2 is 1.89 bits per heavy atom. The number of hydrogen-bond donors (Lipinski definition) is 2. The van der Waals surface area contributed by atoms with Crippen LogP contribution in [-0.4, -0.2) is 17.0 Å². The Bertz CT molecular complexity index is 1110. The quantitative estimate of drug-likeness (QED) is 0.708. The summed E-state index contributed by atoms with van der Waals surface area (Å²) in [6.07, 6.45) is 5.41. The van der Waals surface area contributed by atoms with Crippen LogP contribution in [0.2, 0.25) is 0 Å². The van der Waals surface area contributed by atoms with Gasteiger partial charge in [-0.1, -0.05) is 29.4 Å². The third-order valence-corrected chi connectivity index (χ3v) is 6.76. The first kappa shape index (κ1) is 17.2. The summed E-state index contributed by atoms with van der Waals surface area (Å²) >= 11 is 1.45. The standard InChI is InChI=1S/C21H19N3O3S/c22-19(25)16-13-7-3-4-8-15(13)28-21(16)23-20(26)17-14-10-9-11-5-1-2-6-12(11)18(14)27-24-17/h1-2,5-6H,3-4,7-10H2,(H2,22,25)(H,23,26). The lowest BCUT2D eigenvalue weighted by Gasteiger charge is -2.14. The van der Waals surface area contributed by atoms with Gasteiger partial charge in [0.25, 0.3) is 11.8 Å². The Morgan fingerprint density at radius 1 is 1.07 bits per heavy atom. The van der Waals surface area contributed by atoms with Crippen LogP contribution in [0.5, 0.6) is 0 Å². The zero-order chi connectivity index (χ0) is 19.3. The van der Waals surface area contributed by atoms with Crippen LogP contribution >= 0.6 is 11.3 Å². The van der Waals surface area contributed by atoms with Crippen molar-refractivity contribution in [1.29, 1.82) is 0 Å². The van der Waals surface area contributed by atoms with Gasteiger partial charge in [-0.3, -0.25) is 9.59 Å². The van der Waals surface area contributed by atoms with Crippen molar-refractivity contribution in [3.63, 3.8) is 0 Å². The number of aryl methyl sites for hydroxylation is 2. The Morgan fingerprint density at radius 3 is 2.75 bits per heavy atom. The molecule has 0 atom stereocenters. The number of anilines is 1. The van der Waals surface area contributed by atoms with Gasteiger partial charge in [-0.25, -0.2) is 0 Å². The SMILES string of the molecule is NC(=O)c1c(NC(=O)c2noc3c2CCc2ccccc2-3)sc2c1CCCC2. The molecule has 28 heavy (non-hydrogen) atoms. The van der Waals surface area contributed by atoms with E-state index < -0.39 is 5.91 Å². The minimum absolute atomic E-state index is 0.284. The molecule has 6 nitrogen and oxygen atoms in total. The van der Waals surface area contributed by atoms with Gasteiger partial charge in [0.15, 0.2) is 11.5 Å². The predicted octanol–water partition coefficient (Wildman–Crippen LogP) is 3.73. The van der Waals surface area contributed by atoms with E-state index in [-0.39, 0.29) is 11.6 Å². The van der Waals surface area contributed by atoms with Gasteiger partial charge in [-0.2, -0.15) is 0 Å². The normalized spacial score (nSPS) is 14.7. The summed E-state index contributed by atoms with van der Waals surface area (Å²) in [5.74, 6) is -0.191. The van der Waals surface area contributed by atoms with Crippen LogP contribution in [0.25, 0.3) is 11.3 Å². The maximum absolute atomic E-state index is 13.0. The molecule has 0 saturated heterocycles. The van der Waals surface area contributed by atoms with Gasteiger partial charge in [0.2, 0.25) is 0 Å². The third kappa shape index (κ3) is 2.65. The van der Waals surface area contributed by atoms with E-state index in [0.717, 1.165) is 53.7 Å². The minimum atomic E-state index is -0.495. The van der Waals surface area contributed by atoms with Crippen LogP contribution in [0.15, 0.2) is 28.8 Å². The summed E-state index contributed by atoms with van der Waals surface area (Å²) in [4.78, 5) is 26.1. The lowest BCUT2D eigenvalue weighted by molar-refractivity contribution is 0.100. The zero-order valence-corrected chi connectivity index (χ0v) is 16.0. The van der Waals surface area contributed by atoms with E-state index in [2.05, 4.69) is 16.5 Å². The lowest BCUT2D eigenvalue weighted by Crippen LogP contribution is -2.19. The van der Waals surface area contributed by atoms with Crippen molar-refractivity contribution in [2.24, 2.45) is 5.73 Å². The number of carbonyl (C=O) groups excluding carboxylic acids is 2. The number of rotatable bonds is 3. The molecule has 0 fully saturated rings. The van der Waals surface area contributed by atoms with Crippen LogP contribution in [0.4, 0.5) is 5.00 Å². The molecule has 2 aliphatic rings. The van der Waals surface area contributed by atoms with E-state index in [9.17, 15) is 9.59 Å². The Labute approximate surface area is 165 Å². The van der Waals surface area contributed by atoms with Crippen LogP contribution in [0.1, 0.15) is 55.3 Å². The summed E-state index contributed by atoms with van der Waals surface area (Å²) in [7, 11) is 0. The number of aromatic nitrogens is 1. The second-order valence-corrected chi connectivity index (χ2v) is 8.33. The Balaban J connectivity index is 1.49. The van der Waals surface area contributed by atoms with Gasteiger partial charge < -0.3 is 15.6 Å². The van der Waals surface area contributed by atoms with Crippen LogP contribution < -0.4 is 11.1 Å². The molecule has 0 bridgehead atoms. The fraction of sp³-hybridized carbons (Fsp3) is 0.286. The van der Waals surface area contributed by atoms with Crippen LogP contribution in [-0.2, 0) is 25.7 Å². The topological polar surface area (TPSA) is 98.2 Å². The highest BCUT2D eigenvalue weighted by molar-refractivity contribution is 7.17. The minimum Gasteiger partial charge on any atom is -0.365 e. The maximum atomic E-state index is 13.0. The molecule has 2 heterocycles. The molecular formula is C21H19N3O3S. The number of nitrogens with two attached hydrogens (primary N) is 1. The number of thiophene rings is 1. The van der Waals surface area contributed by atoms with Crippen molar-refractivity contribution in [3.8, 4) is 11.3 Å². The zero-order valence-electron chi connectivity index (χ0n) is 15.2. The fourth-order valence-corrected chi connectivity index (χ4v) is 5.52. The number of benzene rings is 1. The molecule has 2 aliphatic carbocycles. The van der Waals surface area contributed by atoms with Gasteiger partial charge in [0, 0.05) is 16.0 Å². The summed E-state index contributed by atoms with van der Waals surface area (Å²) in [6.45, 7) is 0. The summed E-state index contributed by atoms with van der Waals surface area (Å²) in [5.41, 5.74) is 10.4. The number of carbonyl (C=O) groups is 2. The van der Waals surface area contributed by atoms with Crippen LogP contribution in [0.3, 0.4) is 0 Å². The van der Waals surface area contributed by atoms with Crippen molar-refractivity contribution in [2.75, 3.05) is 5.32 Å². The van der Waals surface area contributed by atoms with Crippen molar-refractivity contribution in [3.05, 3.63) is 57.1 Å². The van der Waals surface area contributed by atoms with Gasteiger partial charge in [-0.15, -0.1) is 11.3 Å². The summed E-state index contributed by atoms with van der Waals surface area (Å²) in [5, 5.41) is 7.46. The number of hydrogen-bond acceptors (Lipinski definition) is 5. The average Bonchev–Trinajstić information content (AvgIpc) is 3.29. The van der Waals surface area contributed by atoms with Gasteiger partial charge in [0.1, 0.15) is 5.00 Å². The van der Waals surface area contributed by atoms with Crippen molar-refractivity contribution in [2.45, 2.75) is 38.5 Å². The first-order valence-corrected chi connectivity index (χ1v) is 10.3. The molecule has 0 spiro atoms. The second-order valence-electron chi connectivity index (χ2n) is 7.23. The highest BCUT2D eigenvalue weighted by atomic mass is 32.1. The predicted molar refractivity (Wildman–Crippen MR) is 107 cm³/mol. The molecule has 3 N–H and O–H groups in total. The average molecular weight is 393 g/mol. The Kier molecular flexibility index (Phi) is 4.05. The van der Waals surface area contributed by atoms with Crippen LogP contribution in [0, 0.1) is 0 Å². The van der Waals surface area contributed by atoms with E-state index in [1.165, 1.54) is 16.9 Å². The number of nitrogens with one attached hydrogen (secondary N) is 1. The first-order chi connectivity index (χ1) is 13.6. The number of primary amides is 1. The van der Waals surface area contributed by atoms with Gasteiger partial charge in [-0.05, 0) is 49.7 Å². The smallest absolute Gasteiger partial charge is 0.278 e. The molecule has 2 amide bonds. The van der Waals surface area contributed by atoms with E-state index >= 15 is 0 Å². The van der Waals surface area contributed by atoms with Crippen molar-refractivity contribution < 1.29 is 14.1 Å². The highest BCUT2D eigenvalue weighted by Gasteiger charge is 2.30. The molecule has 2 aromatic heterocycles. The van der Waals surface area contributed by atoms with E-state index in [0.29, 0.717) is 22.7 Å². The number of nitrogens with zero attached hydrogens (tertiary/aromatic N) is 1. The summed E-state index contributed by atoms with van der Waals surface area (Å²) < 4.78 is 5.53. The molecule has 7 heteroatoms. The van der Waals surface area contributed by atoms with E-state index in [4.69, 9.17) is 10.3 Å². The molecule has 0 radical (unpaired) electrons. The second kappa shape index (κ2) is 6.60. The molecule has 142 valence electrons. The van der Waals surface area contributed by atoms with Crippen molar-refractivity contribution >= 4 is 28.2 Å². The number of fused-ring (bicyclic) bond motifs is 4. The molecule has 0 aliphatic heterocycles. The highest BCUT2D eigenvalue weighted by Crippen LogP contribution is 2.39. The molecular weight excluding hydrogens is 374 g/mol. The van der Waals surface area contributed by atoms with E-state index in [1.807, 2.05) is 18.2 Å². The van der Waals surface area contributed by atoms with Gasteiger partial charge in [0.05, 0.1) is 5.56 Å². The Hall–Kier alpha value is -2.93. The van der Waals surface area contributed by atoms with Crippen molar-refractivity contribution in [1.82, 2.24) is 5.16 Å². The monoisotopic (exact) mass is 393 g/mol. The van der Waals surface area contributed by atoms with E-state index in [1.54, 1.807) is 0 Å². The molecule has 5 rings (SSSR count). The fourth-order valence-electron chi connectivity index (χ4n) is 4.23. The third-order valence-electron chi connectivity index (χ3n) is 5.55. The molecule has 0 saturated carbocycles. The molecule has 0 unspecified atom stereocenters. The van der Waals surface area contributed by atoms with Gasteiger partial charge >= 0.3 is 0 Å². The molecule has 1 aromatic carbocycles. The number of amides is 2. The molecule has 3 aromatic rings.